The number of H-pyrrole nitrogens is 1. The highest BCUT2D eigenvalue weighted by molar-refractivity contribution is 8.00. The van der Waals surface area contributed by atoms with E-state index in [-0.39, 0.29) is 11.6 Å². The zero-order valence-corrected chi connectivity index (χ0v) is 16.0. The van der Waals surface area contributed by atoms with Gasteiger partial charge in [-0.1, -0.05) is 36.0 Å². The van der Waals surface area contributed by atoms with Crippen LogP contribution in [-0.4, -0.2) is 19.9 Å². The minimum absolute atomic E-state index is 0.242. The third kappa shape index (κ3) is 3.49. The number of oxazole rings is 1. The first-order valence-electron chi connectivity index (χ1n) is 8.44. The lowest BCUT2D eigenvalue weighted by Crippen LogP contribution is -2.11. The summed E-state index contributed by atoms with van der Waals surface area (Å²) in [5.74, 6) is 0.824. The molecule has 28 heavy (non-hydrogen) atoms. The van der Waals surface area contributed by atoms with Crippen LogP contribution in [0.1, 0.15) is 5.69 Å². The van der Waals surface area contributed by atoms with E-state index in [9.17, 15) is 4.79 Å². The smallest absolute Gasteiger partial charge is 0.302 e. The Kier molecular flexibility index (Phi) is 4.30. The summed E-state index contributed by atoms with van der Waals surface area (Å²) in [5, 5.41) is 2.93. The molecule has 0 radical (unpaired) electrons. The van der Waals surface area contributed by atoms with Crippen molar-refractivity contribution in [2.24, 2.45) is 0 Å². The van der Waals surface area contributed by atoms with Crippen LogP contribution in [0, 0.1) is 0 Å². The fraction of sp³-hybridized carbons (Fsp3) is 0.0526. The summed E-state index contributed by atoms with van der Waals surface area (Å²) in [6.45, 7) is 0. The molecule has 0 unspecified atom stereocenters. The van der Waals surface area contributed by atoms with E-state index in [0.717, 1.165) is 20.1 Å². The largest absolute Gasteiger partial charge is 0.423 e. The zero-order chi connectivity index (χ0) is 18.9. The highest BCUT2D eigenvalue weighted by Gasteiger charge is 2.09. The standard InChI is InChI=1S/C19H13N5O2S2/c25-16-9-11(10-27-19-22-13-6-2-4-8-15(13)28-19)20-17(23-16)24-18-21-12-5-1-3-7-14(12)26-18/h1-9H,10H2,(H2,20,21,23,24,25). The van der Waals surface area contributed by atoms with Crippen molar-refractivity contribution < 1.29 is 4.42 Å². The molecule has 0 atom stereocenters. The van der Waals surface area contributed by atoms with Gasteiger partial charge in [0.15, 0.2) is 9.92 Å². The molecule has 0 aliphatic carbocycles. The first-order chi connectivity index (χ1) is 13.7. The maximum absolute atomic E-state index is 12.0. The average molecular weight is 407 g/mol. The van der Waals surface area contributed by atoms with Crippen molar-refractivity contribution in [2.75, 3.05) is 5.32 Å². The topological polar surface area (TPSA) is 96.7 Å². The summed E-state index contributed by atoms with van der Waals surface area (Å²) in [7, 11) is 0. The zero-order valence-electron chi connectivity index (χ0n) is 14.4. The van der Waals surface area contributed by atoms with Gasteiger partial charge in [-0.25, -0.2) is 9.97 Å². The number of fused-ring (bicyclic) bond motifs is 2. The number of aromatic nitrogens is 4. The van der Waals surface area contributed by atoms with Gasteiger partial charge in [0.05, 0.1) is 15.9 Å². The predicted octanol–water partition coefficient (Wildman–Crippen LogP) is 4.56. The summed E-state index contributed by atoms with van der Waals surface area (Å²) >= 11 is 3.18. The first-order valence-corrected chi connectivity index (χ1v) is 10.2. The average Bonchev–Trinajstić information content (AvgIpc) is 3.28. The van der Waals surface area contributed by atoms with Gasteiger partial charge in [-0.05, 0) is 24.3 Å². The third-order valence-electron chi connectivity index (χ3n) is 3.93. The van der Waals surface area contributed by atoms with Crippen molar-refractivity contribution >= 4 is 56.4 Å². The minimum Gasteiger partial charge on any atom is -0.423 e. The van der Waals surface area contributed by atoms with Crippen LogP contribution in [0.25, 0.3) is 21.3 Å². The Morgan fingerprint density at radius 3 is 2.71 bits per heavy atom. The number of aromatic amines is 1. The van der Waals surface area contributed by atoms with E-state index in [4.69, 9.17) is 4.42 Å². The van der Waals surface area contributed by atoms with Gasteiger partial charge in [-0.3, -0.25) is 15.1 Å². The van der Waals surface area contributed by atoms with Crippen molar-refractivity contribution in [3.63, 3.8) is 0 Å². The number of anilines is 2. The Labute approximate surface area is 166 Å². The Bertz CT molecular complexity index is 1270. The molecule has 2 N–H and O–H groups in total. The highest BCUT2D eigenvalue weighted by atomic mass is 32.2. The quantitative estimate of drug-likeness (QED) is 0.412. The molecule has 138 valence electrons. The van der Waals surface area contributed by atoms with E-state index in [2.05, 4.69) is 25.3 Å². The molecular formula is C19H13N5O2S2. The van der Waals surface area contributed by atoms with Crippen LogP contribution in [0.3, 0.4) is 0 Å². The number of benzene rings is 2. The van der Waals surface area contributed by atoms with Crippen molar-refractivity contribution in [3.8, 4) is 0 Å². The molecule has 5 aromatic rings. The lowest BCUT2D eigenvalue weighted by atomic mass is 10.3. The van der Waals surface area contributed by atoms with Gasteiger partial charge < -0.3 is 4.42 Å². The lowest BCUT2D eigenvalue weighted by molar-refractivity contribution is 0.621. The van der Waals surface area contributed by atoms with Gasteiger partial charge in [0.1, 0.15) is 5.52 Å². The molecule has 0 fully saturated rings. The lowest BCUT2D eigenvalue weighted by Gasteiger charge is -2.03. The second kappa shape index (κ2) is 7.10. The third-order valence-corrected chi connectivity index (χ3v) is 6.14. The second-order valence-electron chi connectivity index (χ2n) is 5.93. The van der Waals surface area contributed by atoms with Crippen molar-refractivity contribution in [3.05, 3.63) is 70.6 Å². The van der Waals surface area contributed by atoms with Crippen LogP contribution in [0.2, 0.25) is 0 Å². The van der Waals surface area contributed by atoms with Crippen LogP contribution < -0.4 is 10.9 Å². The molecule has 0 bridgehead atoms. The molecule has 0 spiro atoms. The Hall–Kier alpha value is -3.17. The molecule has 0 aliphatic heterocycles. The number of nitrogens with zero attached hydrogens (tertiary/aromatic N) is 3. The summed E-state index contributed by atoms with van der Waals surface area (Å²) in [6.07, 6.45) is 0. The molecule has 5 rings (SSSR count). The molecule has 0 aliphatic rings. The number of hydrogen-bond acceptors (Lipinski definition) is 8. The fourth-order valence-corrected chi connectivity index (χ4v) is 4.68. The van der Waals surface area contributed by atoms with E-state index < -0.39 is 0 Å². The van der Waals surface area contributed by atoms with Crippen molar-refractivity contribution in [2.45, 2.75) is 10.1 Å². The number of thioether (sulfide) groups is 1. The molecular weight excluding hydrogens is 394 g/mol. The molecule has 0 saturated carbocycles. The molecule has 0 amide bonds. The van der Waals surface area contributed by atoms with Crippen LogP contribution in [0.5, 0.6) is 0 Å². The predicted molar refractivity (Wildman–Crippen MR) is 111 cm³/mol. The van der Waals surface area contributed by atoms with E-state index in [1.165, 1.54) is 6.07 Å². The molecule has 9 heteroatoms. The summed E-state index contributed by atoms with van der Waals surface area (Å²) in [5.41, 5.74) is 2.78. The Morgan fingerprint density at radius 2 is 1.86 bits per heavy atom. The maximum Gasteiger partial charge on any atom is 0.302 e. The van der Waals surface area contributed by atoms with Crippen LogP contribution in [0.4, 0.5) is 12.0 Å². The van der Waals surface area contributed by atoms with Gasteiger partial charge in [0.2, 0.25) is 5.95 Å². The molecule has 3 heterocycles. The van der Waals surface area contributed by atoms with Gasteiger partial charge in [-0.15, -0.1) is 11.3 Å². The van der Waals surface area contributed by atoms with E-state index in [0.29, 0.717) is 23.0 Å². The molecule has 2 aromatic carbocycles. The van der Waals surface area contributed by atoms with Crippen molar-refractivity contribution in [1.82, 2.24) is 19.9 Å². The summed E-state index contributed by atoms with van der Waals surface area (Å²) in [6, 6.07) is 17.2. The van der Waals surface area contributed by atoms with Gasteiger partial charge >= 0.3 is 6.01 Å². The number of para-hydroxylation sites is 3. The molecule has 0 saturated heterocycles. The minimum atomic E-state index is -0.242. The normalized spacial score (nSPS) is 11.3. The van der Waals surface area contributed by atoms with Crippen molar-refractivity contribution in [1.29, 1.82) is 0 Å². The van der Waals surface area contributed by atoms with Gasteiger partial charge in [-0.2, -0.15) is 4.98 Å². The van der Waals surface area contributed by atoms with Gasteiger partial charge in [0.25, 0.3) is 5.56 Å². The Morgan fingerprint density at radius 1 is 1.04 bits per heavy atom. The van der Waals surface area contributed by atoms with E-state index in [1.54, 1.807) is 23.1 Å². The fourth-order valence-electron chi connectivity index (χ4n) is 2.72. The maximum atomic E-state index is 12.0. The second-order valence-corrected chi connectivity index (χ2v) is 8.19. The highest BCUT2D eigenvalue weighted by Crippen LogP contribution is 2.31. The van der Waals surface area contributed by atoms with Crippen LogP contribution in [0.15, 0.2) is 68.1 Å². The SMILES string of the molecule is O=c1cc(CSc2nc3ccccc3s2)nc(Nc2nc3ccccc3o2)[nH]1. The number of rotatable bonds is 5. The van der Waals surface area contributed by atoms with E-state index in [1.807, 2.05) is 48.5 Å². The summed E-state index contributed by atoms with van der Waals surface area (Å²) in [4.78, 5) is 28.1. The Balaban J connectivity index is 1.35. The van der Waals surface area contributed by atoms with E-state index >= 15 is 0 Å². The van der Waals surface area contributed by atoms with Crippen LogP contribution >= 0.6 is 23.1 Å². The van der Waals surface area contributed by atoms with Gasteiger partial charge in [0, 0.05) is 11.8 Å². The number of hydrogen-bond donors (Lipinski definition) is 2. The molecule has 7 nitrogen and oxygen atoms in total. The first kappa shape index (κ1) is 17.0. The monoisotopic (exact) mass is 407 g/mol. The summed E-state index contributed by atoms with van der Waals surface area (Å²) < 4.78 is 7.70. The molecule has 3 aromatic heterocycles. The number of nitrogens with one attached hydrogen (secondary N) is 2. The number of thiazole rings is 1. The van der Waals surface area contributed by atoms with Crippen LogP contribution in [-0.2, 0) is 5.75 Å².